The molecule has 2 rings (SSSR count). The van der Waals surface area contributed by atoms with Crippen molar-refractivity contribution in [2.24, 2.45) is 0 Å². The van der Waals surface area contributed by atoms with Crippen molar-refractivity contribution in [3.8, 4) is 0 Å². The minimum atomic E-state index is 0.642. The first-order chi connectivity index (χ1) is 10.2. The maximum Gasteiger partial charge on any atom is 0.147 e. The first kappa shape index (κ1) is 16.1. The molecule has 1 saturated heterocycles. The standard InChI is InChI=1S/C14H23N5OS/c1-3-19(4-2)13-10-15-9-12(17-13)14(21)16-11-18-5-7-20-8-6-18/h9-10H,3-8,11H2,1-2H3,(H,16,21). The highest BCUT2D eigenvalue weighted by Gasteiger charge is 2.12. The molecule has 1 aliphatic heterocycles. The van der Waals surface area contributed by atoms with Gasteiger partial charge in [0, 0.05) is 26.2 Å². The van der Waals surface area contributed by atoms with E-state index in [1.54, 1.807) is 12.4 Å². The quantitative estimate of drug-likeness (QED) is 0.783. The summed E-state index contributed by atoms with van der Waals surface area (Å²) >= 11 is 5.42. The molecule has 6 nitrogen and oxygen atoms in total. The van der Waals surface area contributed by atoms with Crippen molar-refractivity contribution in [2.45, 2.75) is 13.8 Å². The first-order valence-corrected chi connectivity index (χ1v) is 7.80. The van der Waals surface area contributed by atoms with Crippen molar-refractivity contribution in [3.63, 3.8) is 0 Å². The first-order valence-electron chi connectivity index (χ1n) is 7.39. The molecule has 0 aliphatic carbocycles. The van der Waals surface area contributed by atoms with Crippen molar-refractivity contribution in [1.29, 1.82) is 0 Å². The number of aromatic nitrogens is 2. The van der Waals surface area contributed by atoms with Crippen LogP contribution in [-0.2, 0) is 4.74 Å². The number of rotatable bonds is 6. The van der Waals surface area contributed by atoms with E-state index in [9.17, 15) is 0 Å². The van der Waals surface area contributed by atoms with Crippen LogP contribution in [0.15, 0.2) is 12.4 Å². The second kappa shape index (κ2) is 8.21. The highest BCUT2D eigenvalue weighted by atomic mass is 32.1. The molecule has 1 aromatic rings. The van der Waals surface area contributed by atoms with Gasteiger partial charge < -0.3 is 15.0 Å². The highest BCUT2D eigenvalue weighted by Crippen LogP contribution is 2.09. The van der Waals surface area contributed by atoms with Crippen LogP contribution in [0.25, 0.3) is 0 Å². The van der Waals surface area contributed by atoms with Gasteiger partial charge >= 0.3 is 0 Å². The molecule has 0 bridgehead atoms. The molecule has 1 aromatic heterocycles. The Labute approximate surface area is 131 Å². The van der Waals surface area contributed by atoms with Gasteiger partial charge in [0.1, 0.15) is 16.5 Å². The topological polar surface area (TPSA) is 53.5 Å². The van der Waals surface area contributed by atoms with Crippen LogP contribution in [0.5, 0.6) is 0 Å². The maximum absolute atomic E-state index is 5.42. The van der Waals surface area contributed by atoms with Gasteiger partial charge in [0.25, 0.3) is 0 Å². The van der Waals surface area contributed by atoms with Gasteiger partial charge in [-0.3, -0.25) is 9.88 Å². The van der Waals surface area contributed by atoms with Crippen LogP contribution >= 0.6 is 12.2 Å². The third-order valence-corrected chi connectivity index (χ3v) is 3.86. The summed E-state index contributed by atoms with van der Waals surface area (Å²) in [5.74, 6) is 0.869. The number of thiocarbonyl (C=S) groups is 1. The summed E-state index contributed by atoms with van der Waals surface area (Å²) in [6.45, 7) is 10.2. The lowest BCUT2D eigenvalue weighted by atomic mass is 10.4. The predicted octanol–water partition coefficient (Wildman–Crippen LogP) is 0.878. The van der Waals surface area contributed by atoms with Gasteiger partial charge in [0.2, 0.25) is 0 Å². The van der Waals surface area contributed by atoms with Crippen LogP contribution in [0.1, 0.15) is 19.5 Å². The lowest BCUT2D eigenvalue weighted by Crippen LogP contribution is -2.43. The molecule has 2 heterocycles. The lowest BCUT2D eigenvalue weighted by molar-refractivity contribution is 0.0368. The Morgan fingerprint density at radius 1 is 1.33 bits per heavy atom. The van der Waals surface area contributed by atoms with E-state index < -0.39 is 0 Å². The van der Waals surface area contributed by atoms with Crippen molar-refractivity contribution >= 4 is 23.0 Å². The highest BCUT2D eigenvalue weighted by molar-refractivity contribution is 7.80. The molecule has 0 spiro atoms. The Bertz CT molecular complexity index is 460. The molecule has 21 heavy (non-hydrogen) atoms. The summed E-state index contributed by atoms with van der Waals surface area (Å²) in [5, 5.41) is 3.25. The Morgan fingerprint density at radius 2 is 2.05 bits per heavy atom. The smallest absolute Gasteiger partial charge is 0.147 e. The number of ether oxygens (including phenoxy) is 1. The molecule has 1 aliphatic rings. The van der Waals surface area contributed by atoms with Gasteiger partial charge in [-0.05, 0) is 13.8 Å². The zero-order valence-corrected chi connectivity index (χ0v) is 13.5. The molecule has 1 N–H and O–H groups in total. The van der Waals surface area contributed by atoms with Gasteiger partial charge in [-0.2, -0.15) is 0 Å². The third kappa shape index (κ3) is 4.59. The van der Waals surface area contributed by atoms with E-state index in [1.165, 1.54) is 0 Å². The minimum absolute atomic E-state index is 0.642. The van der Waals surface area contributed by atoms with E-state index in [4.69, 9.17) is 17.0 Å². The van der Waals surface area contributed by atoms with Gasteiger partial charge in [0.05, 0.1) is 32.3 Å². The van der Waals surface area contributed by atoms with Crippen molar-refractivity contribution < 1.29 is 4.74 Å². The van der Waals surface area contributed by atoms with E-state index in [0.717, 1.165) is 57.6 Å². The summed E-state index contributed by atoms with van der Waals surface area (Å²) in [6, 6.07) is 0. The zero-order valence-electron chi connectivity index (χ0n) is 12.7. The molecule has 0 atom stereocenters. The molecular formula is C14H23N5OS. The Morgan fingerprint density at radius 3 is 2.71 bits per heavy atom. The van der Waals surface area contributed by atoms with Crippen molar-refractivity contribution in [2.75, 3.05) is 51.0 Å². The Hall–Kier alpha value is -1.31. The average Bonchev–Trinajstić information content (AvgIpc) is 2.55. The molecule has 0 aromatic carbocycles. The average molecular weight is 309 g/mol. The monoisotopic (exact) mass is 309 g/mol. The van der Waals surface area contributed by atoms with Crippen LogP contribution in [0.3, 0.4) is 0 Å². The largest absolute Gasteiger partial charge is 0.379 e. The van der Waals surface area contributed by atoms with E-state index in [0.29, 0.717) is 4.99 Å². The maximum atomic E-state index is 5.42. The third-order valence-electron chi connectivity index (χ3n) is 3.51. The molecule has 7 heteroatoms. The van der Waals surface area contributed by atoms with E-state index >= 15 is 0 Å². The molecule has 116 valence electrons. The number of hydrogen-bond donors (Lipinski definition) is 1. The number of nitrogens with zero attached hydrogens (tertiary/aromatic N) is 4. The summed E-state index contributed by atoms with van der Waals surface area (Å²) in [6.07, 6.45) is 3.49. The molecule has 0 saturated carbocycles. The van der Waals surface area contributed by atoms with Crippen LogP contribution in [-0.4, -0.2) is 65.9 Å². The van der Waals surface area contributed by atoms with Crippen LogP contribution in [0.2, 0.25) is 0 Å². The van der Waals surface area contributed by atoms with Gasteiger partial charge in [-0.25, -0.2) is 4.98 Å². The molecule has 0 amide bonds. The van der Waals surface area contributed by atoms with E-state index in [-0.39, 0.29) is 0 Å². The van der Waals surface area contributed by atoms with E-state index in [2.05, 4.69) is 38.9 Å². The van der Waals surface area contributed by atoms with Crippen LogP contribution < -0.4 is 10.2 Å². The van der Waals surface area contributed by atoms with Gasteiger partial charge in [-0.1, -0.05) is 12.2 Å². The summed E-state index contributed by atoms with van der Waals surface area (Å²) in [5.41, 5.74) is 0.725. The van der Waals surface area contributed by atoms with Crippen molar-refractivity contribution in [3.05, 3.63) is 18.1 Å². The molecule has 0 unspecified atom stereocenters. The fourth-order valence-corrected chi connectivity index (χ4v) is 2.36. The second-order valence-electron chi connectivity index (χ2n) is 4.83. The molecule has 1 fully saturated rings. The number of hydrogen-bond acceptors (Lipinski definition) is 6. The second-order valence-corrected chi connectivity index (χ2v) is 5.24. The van der Waals surface area contributed by atoms with Gasteiger partial charge in [-0.15, -0.1) is 0 Å². The minimum Gasteiger partial charge on any atom is -0.379 e. The number of anilines is 1. The fourth-order valence-electron chi connectivity index (χ4n) is 2.20. The van der Waals surface area contributed by atoms with Crippen LogP contribution in [0, 0.1) is 0 Å². The summed E-state index contributed by atoms with van der Waals surface area (Å²) < 4.78 is 5.33. The Kier molecular flexibility index (Phi) is 6.28. The number of morpholine rings is 1. The van der Waals surface area contributed by atoms with Gasteiger partial charge in [0.15, 0.2) is 0 Å². The lowest BCUT2D eigenvalue weighted by Gasteiger charge is -2.27. The molecule has 0 radical (unpaired) electrons. The predicted molar refractivity (Wildman–Crippen MR) is 87.7 cm³/mol. The number of nitrogens with one attached hydrogen (secondary N) is 1. The van der Waals surface area contributed by atoms with E-state index in [1.807, 2.05) is 0 Å². The summed E-state index contributed by atoms with van der Waals surface area (Å²) in [7, 11) is 0. The SMILES string of the molecule is CCN(CC)c1cncc(C(=S)NCN2CCOCC2)n1. The normalized spacial score (nSPS) is 15.7. The fraction of sp³-hybridized carbons (Fsp3) is 0.643. The van der Waals surface area contributed by atoms with Crippen LogP contribution in [0.4, 0.5) is 5.82 Å². The summed E-state index contributed by atoms with van der Waals surface area (Å²) in [4.78, 5) is 13.9. The zero-order chi connectivity index (χ0) is 15.1. The van der Waals surface area contributed by atoms with Crippen molar-refractivity contribution in [1.82, 2.24) is 20.2 Å². The Balaban J connectivity index is 1.93. The molecular weight excluding hydrogens is 286 g/mol.